The van der Waals surface area contributed by atoms with Crippen LogP contribution in [0.5, 0.6) is 0 Å². The molecule has 0 amide bonds. The third-order valence-corrected chi connectivity index (χ3v) is 3.38. The zero-order valence-corrected chi connectivity index (χ0v) is 8.55. The van der Waals surface area contributed by atoms with Gasteiger partial charge in [0.2, 0.25) is 0 Å². The summed E-state index contributed by atoms with van der Waals surface area (Å²) in [6.07, 6.45) is 4.44. The summed E-state index contributed by atoms with van der Waals surface area (Å²) >= 11 is 0. The van der Waals surface area contributed by atoms with Gasteiger partial charge < -0.3 is 5.11 Å². The van der Waals surface area contributed by atoms with E-state index in [0.29, 0.717) is 0 Å². The van der Waals surface area contributed by atoms with Crippen LogP contribution in [-0.4, -0.2) is 34.6 Å². The minimum absolute atomic E-state index is 0.179. The predicted molar refractivity (Wildman–Crippen MR) is 51.8 cm³/mol. The zero-order valence-electron chi connectivity index (χ0n) is 8.55. The highest BCUT2D eigenvalue weighted by Crippen LogP contribution is 2.34. The first kappa shape index (κ1) is 10.5. The number of carboxylic acid groups (broad SMARTS) is 1. The summed E-state index contributed by atoms with van der Waals surface area (Å²) < 4.78 is 0. The van der Waals surface area contributed by atoms with Gasteiger partial charge in [-0.3, -0.25) is 9.69 Å². The number of aliphatic carboxylic acids is 1. The van der Waals surface area contributed by atoms with Crippen molar-refractivity contribution in [3.63, 3.8) is 0 Å². The van der Waals surface area contributed by atoms with Gasteiger partial charge in [-0.05, 0) is 32.2 Å². The van der Waals surface area contributed by atoms with Gasteiger partial charge >= 0.3 is 5.97 Å². The molecule has 3 heteroatoms. The molecule has 0 unspecified atom stereocenters. The smallest absolute Gasteiger partial charge is 0.317 e. The number of hydrogen-bond acceptors (Lipinski definition) is 2. The summed E-state index contributed by atoms with van der Waals surface area (Å²) in [6.45, 7) is 5.48. The fourth-order valence-corrected chi connectivity index (χ4v) is 2.46. The third kappa shape index (κ3) is 2.02. The van der Waals surface area contributed by atoms with E-state index in [-0.39, 0.29) is 12.1 Å². The number of rotatable bonds is 4. The number of carboxylic acids is 1. The molecule has 76 valence electrons. The lowest BCUT2D eigenvalue weighted by molar-refractivity contribution is -0.139. The summed E-state index contributed by atoms with van der Waals surface area (Å²) in [5, 5.41) is 8.76. The van der Waals surface area contributed by atoms with Crippen molar-refractivity contribution >= 4 is 5.97 Å². The molecule has 0 radical (unpaired) electrons. The highest BCUT2D eigenvalue weighted by Gasteiger charge is 2.38. The highest BCUT2D eigenvalue weighted by molar-refractivity contribution is 5.69. The van der Waals surface area contributed by atoms with E-state index in [0.717, 1.165) is 32.2 Å². The van der Waals surface area contributed by atoms with Gasteiger partial charge in [-0.2, -0.15) is 0 Å². The van der Waals surface area contributed by atoms with E-state index in [9.17, 15) is 4.79 Å². The van der Waals surface area contributed by atoms with E-state index in [1.54, 1.807) is 0 Å². The van der Waals surface area contributed by atoms with E-state index in [4.69, 9.17) is 5.11 Å². The molecule has 0 aromatic rings. The van der Waals surface area contributed by atoms with Crippen molar-refractivity contribution in [3.8, 4) is 0 Å². The average Bonchev–Trinajstić information content (AvgIpc) is 2.48. The molecule has 0 atom stereocenters. The predicted octanol–water partition coefficient (Wildman–Crippen LogP) is 1.73. The summed E-state index contributed by atoms with van der Waals surface area (Å²) in [6, 6.07) is 0. The van der Waals surface area contributed by atoms with Crippen LogP contribution in [0.15, 0.2) is 0 Å². The molecule has 1 rings (SSSR count). The van der Waals surface area contributed by atoms with E-state index in [2.05, 4.69) is 18.7 Å². The van der Waals surface area contributed by atoms with Gasteiger partial charge in [0.05, 0.1) is 6.54 Å². The van der Waals surface area contributed by atoms with E-state index < -0.39 is 5.97 Å². The standard InChI is InChI=1S/C10H19NO2/c1-3-10(4-2)6-5-7-11(10)8-9(12)13/h3-8H2,1-2H3,(H,12,13). The topological polar surface area (TPSA) is 40.5 Å². The van der Waals surface area contributed by atoms with Crippen LogP contribution in [-0.2, 0) is 4.79 Å². The lowest BCUT2D eigenvalue weighted by atomic mass is 9.90. The summed E-state index contributed by atoms with van der Waals surface area (Å²) in [4.78, 5) is 12.8. The van der Waals surface area contributed by atoms with E-state index >= 15 is 0 Å². The lowest BCUT2D eigenvalue weighted by Gasteiger charge is -2.36. The number of nitrogens with zero attached hydrogens (tertiary/aromatic N) is 1. The van der Waals surface area contributed by atoms with E-state index in [1.807, 2.05) is 0 Å². The van der Waals surface area contributed by atoms with Gasteiger partial charge in [0, 0.05) is 5.54 Å². The van der Waals surface area contributed by atoms with Gasteiger partial charge in [-0.25, -0.2) is 0 Å². The molecule has 0 saturated carbocycles. The molecular formula is C10H19NO2. The van der Waals surface area contributed by atoms with Crippen molar-refractivity contribution in [2.75, 3.05) is 13.1 Å². The largest absolute Gasteiger partial charge is 0.480 e. The Bertz CT molecular complexity index is 187. The Kier molecular flexibility index (Phi) is 3.31. The van der Waals surface area contributed by atoms with Crippen LogP contribution in [0.2, 0.25) is 0 Å². The Morgan fingerprint density at radius 3 is 2.54 bits per heavy atom. The van der Waals surface area contributed by atoms with Crippen molar-refractivity contribution in [3.05, 3.63) is 0 Å². The van der Waals surface area contributed by atoms with E-state index in [1.165, 1.54) is 0 Å². The third-order valence-electron chi connectivity index (χ3n) is 3.38. The second-order valence-electron chi connectivity index (χ2n) is 3.85. The van der Waals surface area contributed by atoms with Gasteiger partial charge in [-0.1, -0.05) is 13.8 Å². The minimum Gasteiger partial charge on any atom is -0.480 e. The second-order valence-corrected chi connectivity index (χ2v) is 3.85. The van der Waals surface area contributed by atoms with Gasteiger partial charge in [0.1, 0.15) is 0 Å². The molecule has 0 bridgehead atoms. The Hall–Kier alpha value is -0.570. The van der Waals surface area contributed by atoms with Crippen LogP contribution in [0.1, 0.15) is 39.5 Å². The molecule has 13 heavy (non-hydrogen) atoms. The summed E-state index contributed by atoms with van der Waals surface area (Å²) in [7, 11) is 0. The Morgan fingerprint density at radius 1 is 1.46 bits per heavy atom. The van der Waals surface area contributed by atoms with Crippen LogP contribution in [0.3, 0.4) is 0 Å². The summed E-state index contributed by atoms with van der Waals surface area (Å²) in [5.41, 5.74) is 0.179. The van der Waals surface area contributed by atoms with Crippen LogP contribution >= 0.6 is 0 Å². The summed E-state index contributed by atoms with van der Waals surface area (Å²) in [5.74, 6) is -0.701. The fraction of sp³-hybridized carbons (Fsp3) is 0.900. The Morgan fingerprint density at radius 2 is 2.08 bits per heavy atom. The minimum atomic E-state index is -0.701. The number of likely N-dealkylation sites (tertiary alicyclic amines) is 1. The Labute approximate surface area is 79.7 Å². The number of carbonyl (C=O) groups is 1. The molecule has 0 spiro atoms. The zero-order chi connectivity index (χ0) is 9.90. The first-order chi connectivity index (χ1) is 6.14. The first-order valence-electron chi connectivity index (χ1n) is 5.11. The lowest BCUT2D eigenvalue weighted by Crippen LogP contribution is -2.45. The van der Waals surface area contributed by atoms with Gasteiger partial charge in [-0.15, -0.1) is 0 Å². The highest BCUT2D eigenvalue weighted by atomic mass is 16.4. The molecule has 1 aliphatic rings. The van der Waals surface area contributed by atoms with Crippen LogP contribution < -0.4 is 0 Å². The van der Waals surface area contributed by atoms with Crippen LogP contribution in [0, 0.1) is 0 Å². The van der Waals surface area contributed by atoms with Crippen molar-refractivity contribution in [2.45, 2.75) is 45.1 Å². The molecule has 1 aliphatic heterocycles. The normalized spacial score (nSPS) is 22.0. The van der Waals surface area contributed by atoms with Crippen molar-refractivity contribution in [1.29, 1.82) is 0 Å². The maximum absolute atomic E-state index is 10.6. The quantitative estimate of drug-likeness (QED) is 0.725. The SMILES string of the molecule is CCC1(CC)CCCN1CC(=O)O. The fourth-order valence-electron chi connectivity index (χ4n) is 2.46. The van der Waals surface area contributed by atoms with Gasteiger partial charge in [0.15, 0.2) is 0 Å². The maximum atomic E-state index is 10.6. The molecule has 3 nitrogen and oxygen atoms in total. The number of hydrogen-bond donors (Lipinski definition) is 1. The molecular weight excluding hydrogens is 166 g/mol. The van der Waals surface area contributed by atoms with Crippen LogP contribution in [0.4, 0.5) is 0 Å². The van der Waals surface area contributed by atoms with Crippen molar-refractivity contribution in [1.82, 2.24) is 4.90 Å². The molecule has 0 aromatic carbocycles. The molecule has 1 heterocycles. The second kappa shape index (κ2) is 4.09. The van der Waals surface area contributed by atoms with Crippen molar-refractivity contribution in [2.24, 2.45) is 0 Å². The first-order valence-corrected chi connectivity index (χ1v) is 5.11. The maximum Gasteiger partial charge on any atom is 0.317 e. The molecule has 0 aromatic heterocycles. The average molecular weight is 185 g/mol. The molecule has 1 fully saturated rings. The van der Waals surface area contributed by atoms with Crippen LogP contribution in [0.25, 0.3) is 0 Å². The Balaban J connectivity index is 2.66. The van der Waals surface area contributed by atoms with Gasteiger partial charge in [0.25, 0.3) is 0 Å². The molecule has 1 N–H and O–H groups in total. The molecule has 1 saturated heterocycles. The molecule has 0 aliphatic carbocycles. The van der Waals surface area contributed by atoms with Crippen molar-refractivity contribution < 1.29 is 9.90 Å². The monoisotopic (exact) mass is 185 g/mol.